The van der Waals surface area contributed by atoms with Crippen LogP contribution in [0.25, 0.3) is 16.9 Å². The summed E-state index contributed by atoms with van der Waals surface area (Å²) in [6.07, 6.45) is 8.04. The fourth-order valence-electron chi connectivity index (χ4n) is 2.97. The first-order chi connectivity index (χ1) is 13.3. The van der Waals surface area contributed by atoms with E-state index in [1.54, 1.807) is 12.4 Å². The van der Waals surface area contributed by atoms with Crippen molar-refractivity contribution in [2.75, 3.05) is 13.1 Å². The van der Waals surface area contributed by atoms with Gasteiger partial charge in [0.2, 0.25) is 5.91 Å². The highest BCUT2D eigenvalue weighted by Gasteiger charge is 2.20. The Labute approximate surface area is 158 Å². The number of pyridine rings is 1. The second-order valence-electron chi connectivity index (χ2n) is 6.87. The molecule has 2 N–H and O–H groups in total. The molecule has 2 aromatic heterocycles. The van der Waals surface area contributed by atoms with E-state index in [1.807, 2.05) is 53.3 Å². The Kier molecular flexibility index (Phi) is 5.25. The molecule has 4 rings (SSSR count). The van der Waals surface area contributed by atoms with E-state index < -0.39 is 0 Å². The Balaban J connectivity index is 1.49. The van der Waals surface area contributed by atoms with E-state index >= 15 is 0 Å². The third kappa shape index (κ3) is 4.60. The predicted molar refractivity (Wildman–Crippen MR) is 104 cm³/mol. The van der Waals surface area contributed by atoms with Gasteiger partial charge in [0, 0.05) is 36.3 Å². The molecular formula is C21H23N5O. The molecule has 1 amide bonds. The van der Waals surface area contributed by atoms with Crippen LogP contribution in [0, 0.1) is 5.92 Å². The highest BCUT2D eigenvalue weighted by Crippen LogP contribution is 2.27. The lowest BCUT2D eigenvalue weighted by molar-refractivity contribution is -0.120. The van der Waals surface area contributed by atoms with Gasteiger partial charge in [-0.2, -0.15) is 5.10 Å². The molecule has 0 radical (unpaired) electrons. The Hall–Kier alpha value is -2.99. The molecule has 1 saturated carbocycles. The lowest BCUT2D eigenvalue weighted by Crippen LogP contribution is -2.34. The summed E-state index contributed by atoms with van der Waals surface area (Å²) < 4.78 is 1.85. The number of amides is 1. The summed E-state index contributed by atoms with van der Waals surface area (Å²) in [4.78, 5) is 16.2. The van der Waals surface area contributed by atoms with E-state index in [9.17, 15) is 4.79 Å². The van der Waals surface area contributed by atoms with Crippen LogP contribution in [0.1, 0.15) is 18.4 Å². The maximum atomic E-state index is 12.1. The van der Waals surface area contributed by atoms with Crippen molar-refractivity contribution in [1.29, 1.82) is 0 Å². The van der Waals surface area contributed by atoms with Gasteiger partial charge in [-0.25, -0.2) is 4.68 Å². The SMILES string of the molecule is O=C(CNCC1CC1)NCc1cn(-c2ccccc2)nc1-c1ccncc1. The molecule has 0 aliphatic heterocycles. The second kappa shape index (κ2) is 8.14. The van der Waals surface area contributed by atoms with Crippen molar-refractivity contribution in [3.05, 3.63) is 66.6 Å². The highest BCUT2D eigenvalue weighted by atomic mass is 16.1. The monoisotopic (exact) mass is 361 g/mol. The van der Waals surface area contributed by atoms with E-state index in [0.29, 0.717) is 13.1 Å². The number of hydrogen-bond acceptors (Lipinski definition) is 4. The van der Waals surface area contributed by atoms with Crippen LogP contribution in [0.2, 0.25) is 0 Å². The van der Waals surface area contributed by atoms with Crippen molar-refractivity contribution >= 4 is 5.91 Å². The molecule has 1 fully saturated rings. The van der Waals surface area contributed by atoms with Gasteiger partial charge < -0.3 is 10.6 Å². The molecule has 27 heavy (non-hydrogen) atoms. The number of nitrogens with zero attached hydrogens (tertiary/aromatic N) is 3. The molecule has 0 saturated heterocycles. The zero-order valence-corrected chi connectivity index (χ0v) is 15.1. The highest BCUT2D eigenvalue weighted by molar-refractivity contribution is 5.78. The first-order valence-corrected chi connectivity index (χ1v) is 9.31. The van der Waals surface area contributed by atoms with Crippen LogP contribution in [-0.4, -0.2) is 33.8 Å². The van der Waals surface area contributed by atoms with Crippen molar-refractivity contribution < 1.29 is 4.79 Å². The van der Waals surface area contributed by atoms with Crippen molar-refractivity contribution in [1.82, 2.24) is 25.4 Å². The minimum Gasteiger partial charge on any atom is -0.351 e. The molecular weight excluding hydrogens is 338 g/mol. The quantitative estimate of drug-likeness (QED) is 0.647. The van der Waals surface area contributed by atoms with Crippen LogP contribution in [0.15, 0.2) is 61.1 Å². The number of hydrogen-bond donors (Lipinski definition) is 2. The Morgan fingerprint density at radius 3 is 2.63 bits per heavy atom. The third-order valence-corrected chi connectivity index (χ3v) is 4.66. The topological polar surface area (TPSA) is 71.8 Å². The second-order valence-corrected chi connectivity index (χ2v) is 6.87. The fourth-order valence-corrected chi connectivity index (χ4v) is 2.97. The molecule has 2 heterocycles. The van der Waals surface area contributed by atoms with Crippen molar-refractivity contribution in [3.63, 3.8) is 0 Å². The fraction of sp³-hybridized carbons (Fsp3) is 0.286. The van der Waals surface area contributed by atoms with E-state index in [0.717, 1.165) is 35.0 Å². The van der Waals surface area contributed by atoms with E-state index in [2.05, 4.69) is 15.6 Å². The third-order valence-electron chi connectivity index (χ3n) is 4.66. The van der Waals surface area contributed by atoms with E-state index in [1.165, 1.54) is 12.8 Å². The van der Waals surface area contributed by atoms with Crippen LogP contribution in [-0.2, 0) is 11.3 Å². The normalized spacial score (nSPS) is 13.5. The molecule has 0 atom stereocenters. The molecule has 1 aromatic carbocycles. The summed E-state index contributed by atoms with van der Waals surface area (Å²) in [5.74, 6) is 0.768. The molecule has 1 aliphatic carbocycles. The van der Waals surface area contributed by atoms with Crippen LogP contribution in [0.5, 0.6) is 0 Å². The molecule has 6 heteroatoms. The lowest BCUT2D eigenvalue weighted by atomic mass is 10.1. The van der Waals surface area contributed by atoms with Crippen molar-refractivity contribution in [2.45, 2.75) is 19.4 Å². The van der Waals surface area contributed by atoms with E-state index in [-0.39, 0.29) is 5.91 Å². The van der Waals surface area contributed by atoms with Gasteiger partial charge in [0.1, 0.15) is 0 Å². The molecule has 0 spiro atoms. The Morgan fingerprint density at radius 1 is 1.11 bits per heavy atom. The van der Waals surface area contributed by atoms with Crippen LogP contribution in [0.3, 0.4) is 0 Å². The summed E-state index contributed by atoms with van der Waals surface area (Å²) in [6, 6.07) is 13.8. The van der Waals surface area contributed by atoms with Crippen molar-refractivity contribution in [2.24, 2.45) is 5.92 Å². The van der Waals surface area contributed by atoms with E-state index in [4.69, 9.17) is 5.10 Å². The minimum absolute atomic E-state index is 0.00351. The molecule has 0 unspecified atom stereocenters. The lowest BCUT2D eigenvalue weighted by Gasteiger charge is -2.06. The first kappa shape index (κ1) is 17.4. The average molecular weight is 361 g/mol. The first-order valence-electron chi connectivity index (χ1n) is 9.31. The maximum Gasteiger partial charge on any atom is 0.234 e. The minimum atomic E-state index is 0.00351. The number of rotatable bonds is 8. The number of nitrogens with one attached hydrogen (secondary N) is 2. The summed E-state index contributed by atoms with van der Waals surface area (Å²) >= 11 is 0. The number of para-hydroxylation sites is 1. The molecule has 1 aliphatic rings. The van der Waals surface area contributed by atoms with Gasteiger partial charge >= 0.3 is 0 Å². The van der Waals surface area contributed by atoms with Gasteiger partial charge in [-0.3, -0.25) is 9.78 Å². The van der Waals surface area contributed by atoms with Gasteiger partial charge in [-0.1, -0.05) is 18.2 Å². The molecule has 3 aromatic rings. The molecule has 6 nitrogen and oxygen atoms in total. The standard InChI is InChI=1S/C21H23N5O/c27-20(14-23-12-16-6-7-16)24-13-18-15-26(19-4-2-1-3-5-19)25-21(18)17-8-10-22-11-9-17/h1-5,8-11,15-16,23H,6-7,12-14H2,(H,24,27). The average Bonchev–Trinajstić information content (AvgIpc) is 3.44. The number of aromatic nitrogens is 3. The van der Waals surface area contributed by atoms with Gasteiger partial charge in [-0.05, 0) is 49.6 Å². The maximum absolute atomic E-state index is 12.1. The molecule has 138 valence electrons. The Morgan fingerprint density at radius 2 is 1.89 bits per heavy atom. The molecule has 0 bridgehead atoms. The predicted octanol–water partition coefficient (Wildman–Crippen LogP) is 2.55. The summed E-state index contributed by atoms with van der Waals surface area (Å²) in [7, 11) is 0. The number of carbonyl (C=O) groups excluding carboxylic acids is 1. The number of benzene rings is 1. The zero-order valence-electron chi connectivity index (χ0n) is 15.1. The van der Waals surface area contributed by atoms with Crippen LogP contribution >= 0.6 is 0 Å². The summed E-state index contributed by atoms with van der Waals surface area (Å²) in [5, 5.41) is 11.0. The van der Waals surface area contributed by atoms with Crippen LogP contribution in [0.4, 0.5) is 0 Å². The van der Waals surface area contributed by atoms with Gasteiger partial charge in [-0.15, -0.1) is 0 Å². The van der Waals surface area contributed by atoms with Crippen molar-refractivity contribution in [3.8, 4) is 16.9 Å². The zero-order chi connectivity index (χ0) is 18.5. The Bertz CT molecular complexity index is 887. The van der Waals surface area contributed by atoms with Gasteiger partial charge in [0.15, 0.2) is 0 Å². The smallest absolute Gasteiger partial charge is 0.234 e. The van der Waals surface area contributed by atoms with Crippen LogP contribution < -0.4 is 10.6 Å². The van der Waals surface area contributed by atoms with Gasteiger partial charge in [0.05, 0.1) is 17.9 Å². The number of carbonyl (C=O) groups is 1. The largest absolute Gasteiger partial charge is 0.351 e. The van der Waals surface area contributed by atoms with Gasteiger partial charge in [0.25, 0.3) is 0 Å². The summed E-state index contributed by atoms with van der Waals surface area (Å²) in [5.41, 5.74) is 3.79. The summed E-state index contributed by atoms with van der Waals surface area (Å²) in [6.45, 7) is 1.73.